The maximum atomic E-state index is 13.0. The second kappa shape index (κ2) is 8.66. The van der Waals surface area contributed by atoms with Gasteiger partial charge in [-0.05, 0) is 104 Å². The number of nitrogens with one attached hydrogen (secondary N) is 1. The molecule has 1 aliphatic carbocycles. The first kappa shape index (κ1) is 20.6. The van der Waals surface area contributed by atoms with Crippen LogP contribution in [0.4, 0.5) is 0 Å². The molecule has 1 saturated carbocycles. The zero-order valence-corrected chi connectivity index (χ0v) is 18.8. The molecule has 0 bridgehead atoms. The number of nitrogens with zero attached hydrogens (tertiary/aromatic N) is 1. The van der Waals surface area contributed by atoms with Gasteiger partial charge in [-0.1, -0.05) is 24.3 Å². The molecule has 1 N–H and O–H groups in total. The Morgan fingerprint density at radius 3 is 2.52 bits per heavy atom. The van der Waals surface area contributed by atoms with Crippen LogP contribution >= 0.6 is 0 Å². The molecule has 2 aromatic carbocycles. The number of carbonyl (C=O) groups is 1. The molecule has 2 fully saturated rings. The summed E-state index contributed by atoms with van der Waals surface area (Å²) in [5.74, 6) is 3.03. The Bertz CT molecular complexity index is 942. The fourth-order valence-corrected chi connectivity index (χ4v) is 5.55. The molecule has 164 valence electrons. The smallest absolute Gasteiger partial charge is 0.254 e. The lowest BCUT2D eigenvalue weighted by molar-refractivity contribution is 0.0770. The van der Waals surface area contributed by atoms with E-state index in [9.17, 15) is 4.79 Å². The predicted octanol–water partition coefficient (Wildman–Crippen LogP) is 4.70. The third-order valence-corrected chi connectivity index (χ3v) is 7.47. The number of hydrogen-bond acceptors (Lipinski definition) is 3. The molecule has 31 heavy (non-hydrogen) atoms. The Labute approximate surface area is 186 Å². The number of amides is 1. The van der Waals surface area contributed by atoms with Gasteiger partial charge in [0.25, 0.3) is 5.91 Å². The molecule has 1 amide bonds. The van der Waals surface area contributed by atoms with Crippen molar-refractivity contribution < 1.29 is 9.53 Å². The molecule has 0 spiro atoms. The summed E-state index contributed by atoms with van der Waals surface area (Å²) < 4.78 is 5.35. The molecule has 2 aromatic rings. The number of piperidine rings is 1. The Morgan fingerprint density at radius 2 is 1.84 bits per heavy atom. The first-order valence-corrected chi connectivity index (χ1v) is 11.9. The first-order valence-electron chi connectivity index (χ1n) is 11.9. The van der Waals surface area contributed by atoms with Crippen molar-refractivity contribution in [1.82, 2.24) is 10.2 Å². The van der Waals surface area contributed by atoms with Crippen LogP contribution in [0, 0.1) is 18.8 Å². The van der Waals surface area contributed by atoms with E-state index in [-0.39, 0.29) is 5.91 Å². The minimum Gasteiger partial charge on any atom is -0.497 e. The SMILES string of the molecule is COc1ccc(CC(c2cc(C)c3c(c2)CN(CC2CC2)C3=O)C2CCNCC2)cc1. The molecular formula is C27H34N2O2. The van der Waals surface area contributed by atoms with E-state index in [4.69, 9.17) is 4.74 Å². The van der Waals surface area contributed by atoms with Crippen LogP contribution in [0.5, 0.6) is 5.75 Å². The van der Waals surface area contributed by atoms with Crippen LogP contribution in [0.25, 0.3) is 0 Å². The summed E-state index contributed by atoms with van der Waals surface area (Å²) in [5.41, 5.74) is 6.14. The number of benzene rings is 2. The van der Waals surface area contributed by atoms with Crippen LogP contribution in [0.3, 0.4) is 0 Å². The van der Waals surface area contributed by atoms with Crippen molar-refractivity contribution in [2.24, 2.45) is 11.8 Å². The highest BCUT2D eigenvalue weighted by atomic mass is 16.5. The van der Waals surface area contributed by atoms with Crippen molar-refractivity contribution in [3.05, 3.63) is 64.2 Å². The number of carbonyl (C=O) groups excluding carboxylic acids is 1. The number of ether oxygens (including phenoxy) is 1. The maximum Gasteiger partial charge on any atom is 0.254 e. The Morgan fingerprint density at radius 1 is 1.10 bits per heavy atom. The molecule has 4 heteroatoms. The van der Waals surface area contributed by atoms with Crippen LogP contribution in [0.2, 0.25) is 0 Å². The normalized spacial score (nSPS) is 20.1. The maximum absolute atomic E-state index is 13.0. The molecular weight excluding hydrogens is 384 g/mol. The quantitative estimate of drug-likeness (QED) is 0.709. The fraction of sp³-hybridized carbons (Fsp3) is 0.519. The second-order valence-corrected chi connectivity index (χ2v) is 9.75. The van der Waals surface area contributed by atoms with E-state index in [0.717, 1.165) is 55.4 Å². The average molecular weight is 419 g/mol. The van der Waals surface area contributed by atoms with Crippen LogP contribution in [-0.4, -0.2) is 37.6 Å². The van der Waals surface area contributed by atoms with Crippen molar-refractivity contribution in [2.75, 3.05) is 26.7 Å². The molecule has 1 unspecified atom stereocenters. The van der Waals surface area contributed by atoms with E-state index in [1.54, 1.807) is 7.11 Å². The van der Waals surface area contributed by atoms with Gasteiger partial charge >= 0.3 is 0 Å². The monoisotopic (exact) mass is 418 g/mol. The van der Waals surface area contributed by atoms with Crippen molar-refractivity contribution in [2.45, 2.75) is 51.5 Å². The van der Waals surface area contributed by atoms with E-state index in [0.29, 0.717) is 11.8 Å². The number of methoxy groups -OCH3 is 1. The van der Waals surface area contributed by atoms with Crippen LogP contribution in [-0.2, 0) is 13.0 Å². The predicted molar refractivity (Wildman–Crippen MR) is 124 cm³/mol. The molecule has 0 radical (unpaired) electrons. The number of rotatable bonds is 7. The lowest BCUT2D eigenvalue weighted by Crippen LogP contribution is -2.31. The molecule has 0 aromatic heterocycles. The summed E-state index contributed by atoms with van der Waals surface area (Å²) >= 11 is 0. The van der Waals surface area contributed by atoms with Gasteiger partial charge in [0.2, 0.25) is 0 Å². The number of fused-ring (bicyclic) bond motifs is 1. The highest BCUT2D eigenvalue weighted by Crippen LogP contribution is 2.39. The summed E-state index contributed by atoms with van der Waals surface area (Å²) in [7, 11) is 1.72. The van der Waals surface area contributed by atoms with Gasteiger partial charge in [0.15, 0.2) is 0 Å². The summed E-state index contributed by atoms with van der Waals surface area (Å²) in [5, 5.41) is 3.52. The highest BCUT2D eigenvalue weighted by molar-refractivity contribution is 5.99. The van der Waals surface area contributed by atoms with Gasteiger partial charge in [-0.2, -0.15) is 0 Å². The third kappa shape index (κ3) is 4.36. The Kier molecular flexibility index (Phi) is 5.75. The molecule has 5 rings (SSSR count). The summed E-state index contributed by atoms with van der Waals surface area (Å²) in [6.45, 7) is 6.06. The van der Waals surface area contributed by atoms with E-state index < -0.39 is 0 Å². The minimum atomic E-state index is 0.250. The van der Waals surface area contributed by atoms with E-state index in [1.807, 2.05) is 0 Å². The highest BCUT2D eigenvalue weighted by Gasteiger charge is 2.35. The van der Waals surface area contributed by atoms with Crippen molar-refractivity contribution >= 4 is 5.91 Å². The third-order valence-electron chi connectivity index (χ3n) is 7.47. The summed E-state index contributed by atoms with van der Waals surface area (Å²) in [6.07, 6.45) is 6.02. The largest absolute Gasteiger partial charge is 0.497 e. The molecule has 3 aliphatic rings. The first-order chi connectivity index (χ1) is 15.1. The van der Waals surface area contributed by atoms with Gasteiger partial charge in [-0.25, -0.2) is 0 Å². The lowest BCUT2D eigenvalue weighted by atomic mass is 9.76. The van der Waals surface area contributed by atoms with Crippen molar-refractivity contribution in [3.63, 3.8) is 0 Å². The summed E-state index contributed by atoms with van der Waals surface area (Å²) in [6, 6.07) is 13.2. The minimum absolute atomic E-state index is 0.250. The number of aryl methyl sites for hydroxylation is 1. The lowest BCUT2D eigenvalue weighted by Gasteiger charge is -2.32. The zero-order valence-electron chi connectivity index (χ0n) is 18.8. The van der Waals surface area contributed by atoms with Crippen LogP contribution in [0.15, 0.2) is 36.4 Å². The van der Waals surface area contributed by atoms with E-state index in [2.05, 4.69) is 53.5 Å². The molecule has 1 atom stereocenters. The average Bonchev–Trinajstić information content (AvgIpc) is 3.55. The van der Waals surface area contributed by atoms with Gasteiger partial charge < -0.3 is 15.0 Å². The van der Waals surface area contributed by atoms with E-state index >= 15 is 0 Å². The van der Waals surface area contributed by atoms with Gasteiger partial charge in [0.05, 0.1) is 7.11 Å². The Hall–Kier alpha value is -2.33. The van der Waals surface area contributed by atoms with Gasteiger partial charge in [-0.3, -0.25) is 4.79 Å². The summed E-state index contributed by atoms with van der Waals surface area (Å²) in [4.78, 5) is 15.1. The second-order valence-electron chi connectivity index (χ2n) is 9.75. The zero-order chi connectivity index (χ0) is 21.4. The topological polar surface area (TPSA) is 41.6 Å². The standard InChI is InChI=1S/C27H34N2O2/c1-18-13-22(15-23-17-29(16-20-3-4-20)27(30)26(18)23)25(21-9-11-28-12-10-21)14-19-5-7-24(31-2)8-6-19/h5-8,13,15,20-21,25,28H,3-4,9-12,14,16-17H2,1-2H3. The molecule has 2 aliphatic heterocycles. The fourth-order valence-electron chi connectivity index (χ4n) is 5.55. The number of hydrogen-bond donors (Lipinski definition) is 1. The van der Waals surface area contributed by atoms with Crippen LogP contribution < -0.4 is 10.1 Å². The van der Waals surface area contributed by atoms with Crippen molar-refractivity contribution in [1.29, 1.82) is 0 Å². The van der Waals surface area contributed by atoms with Gasteiger partial charge in [0, 0.05) is 18.7 Å². The van der Waals surface area contributed by atoms with Gasteiger partial charge in [-0.15, -0.1) is 0 Å². The van der Waals surface area contributed by atoms with Crippen LogP contribution in [0.1, 0.15) is 64.2 Å². The molecule has 4 nitrogen and oxygen atoms in total. The Balaban J connectivity index is 1.44. The molecule has 1 saturated heterocycles. The van der Waals surface area contributed by atoms with Gasteiger partial charge in [0.1, 0.15) is 5.75 Å². The molecule has 2 heterocycles. The van der Waals surface area contributed by atoms with E-state index in [1.165, 1.54) is 42.4 Å². The van der Waals surface area contributed by atoms with Crippen molar-refractivity contribution in [3.8, 4) is 5.75 Å².